The van der Waals surface area contributed by atoms with Crippen LogP contribution in [0, 0.1) is 0 Å². The molecule has 0 spiro atoms. The molecular weight excluding hydrogens is 320 g/mol. The van der Waals surface area contributed by atoms with Crippen LogP contribution in [0.4, 0.5) is 0 Å². The number of nitrogens with one attached hydrogen (secondary N) is 2. The zero-order chi connectivity index (χ0) is 17.8. The van der Waals surface area contributed by atoms with Crippen LogP contribution in [0.15, 0.2) is 25.0 Å². The SMILES string of the molecule is Cn1cnc(C(=O)N[C@H]2CCCCC[C@H]2NC(=O)c2cn(C)cn2)c1. The molecule has 1 fully saturated rings. The average Bonchev–Trinajstić information content (AvgIpc) is 3.15. The minimum absolute atomic E-state index is 0.107. The van der Waals surface area contributed by atoms with Crippen molar-refractivity contribution in [1.82, 2.24) is 29.7 Å². The van der Waals surface area contributed by atoms with E-state index < -0.39 is 0 Å². The molecule has 134 valence electrons. The molecule has 25 heavy (non-hydrogen) atoms. The second kappa shape index (κ2) is 7.50. The van der Waals surface area contributed by atoms with E-state index in [1.165, 1.54) is 0 Å². The minimum atomic E-state index is -0.204. The predicted molar refractivity (Wildman–Crippen MR) is 92.0 cm³/mol. The third-order valence-electron chi connectivity index (χ3n) is 4.52. The van der Waals surface area contributed by atoms with Crippen LogP contribution >= 0.6 is 0 Å². The highest BCUT2D eigenvalue weighted by atomic mass is 16.2. The Labute approximate surface area is 146 Å². The van der Waals surface area contributed by atoms with Crippen molar-refractivity contribution in [1.29, 1.82) is 0 Å². The van der Waals surface area contributed by atoms with Gasteiger partial charge in [0.05, 0.1) is 12.7 Å². The monoisotopic (exact) mass is 344 g/mol. The smallest absolute Gasteiger partial charge is 0.271 e. The van der Waals surface area contributed by atoms with E-state index in [0.717, 1.165) is 32.1 Å². The third-order valence-corrected chi connectivity index (χ3v) is 4.52. The van der Waals surface area contributed by atoms with Gasteiger partial charge in [0.15, 0.2) is 0 Å². The highest BCUT2D eigenvalue weighted by Gasteiger charge is 2.28. The maximum absolute atomic E-state index is 12.4. The van der Waals surface area contributed by atoms with Crippen molar-refractivity contribution in [2.75, 3.05) is 0 Å². The maximum Gasteiger partial charge on any atom is 0.271 e. The summed E-state index contributed by atoms with van der Waals surface area (Å²) >= 11 is 0. The van der Waals surface area contributed by atoms with E-state index >= 15 is 0 Å². The topological polar surface area (TPSA) is 93.8 Å². The number of carbonyl (C=O) groups is 2. The van der Waals surface area contributed by atoms with Gasteiger partial charge in [0.2, 0.25) is 0 Å². The van der Waals surface area contributed by atoms with Gasteiger partial charge in [-0.3, -0.25) is 9.59 Å². The van der Waals surface area contributed by atoms with Crippen LogP contribution in [0.2, 0.25) is 0 Å². The lowest BCUT2D eigenvalue weighted by atomic mass is 10.0. The van der Waals surface area contributed by atoms with Crippen LogP contribution in [0.25, 0.3) is 0 Å². The minimum Gasteiger partial charge on any atom is -0.346 e. The summed E-state index contributed by atoms with van der Waals surface area (Å²) < 4.78 is 3.48. The number of aromatic nitrogens is 4. The van der Waals surface area contributed by atoms with Crippen molar-refractivity contribution in [3.63, 3.8) is 0 Å². The van der Waals surface area contributed by atoms with E-state index in [9.17, 15) is 9.59 Å². The molecule has 0 saturated heterocycles. The molecule has 2 aromatic heterocycles. The lowest BCUT2D eigenvalue weighted by Gasteiger charge is -2.26. The number of aryl methyl sites for hydroxylation is 2. The van der Waals surface area contributed by atoms with E-state index in [1.807, 2.05) is 14.1 Å². The molecule has 0 radical (unpaired) electrons. The highest BCUT2D eigenvalue weighted by Crippen LogP contribution is 2.19. The predicted octanol–water partition coefficient (Wildman–Crippen LogP) is 1.01. The summed E-state index contributed by atoms with van der Waals surface area (Å²) in [5.74, 6) is -0.408. The lowest BCUT2D eigenvalue weighted by Crippen LogP contribution is -2.51. The molecule has 2 aromatic rings. The van der Waals surface area contributed by atoms with Gasteiger partial charge in [-0.1, -0.05) is 19.3 Å². The number of hydrogen-bond donors (Lipinski definition) is 2. The number of hydrogen-bond acceptors (Lipinski definition) is 4. The summed E-state index contributed by atoms with van der Waals surface area (Å²) in [6, 6.07) is -0.214. The molecule has 2 amide bonds. The Morgan fingerprint density at radius 1 is 0.880 bits per heavy atom. The van der Waals surface area contributed by atoms with Gasteiger partial charge < -0.3 is 19.8 Å². The van der Waals surface area contributed by atoms with E-state index in [0.29, 0.717) is 11.4 Å². The van der Waals surface area contributed by atoms with E-state index in [-0.39, 0.29) is 23.9 Å². The zero-order valence-corrected chi connectivity index (χ0v) is 14.6. The average molecular weight is 344 g/mol. The summed E-state index contributed by atoms with van der Waals surface area (Å²) in [7, 11) is 3.65. The van der Waals surface area contributed by atoms with Crippen LogP contribution < -0.4 is 10.6 Å². The Balaban J connectivity index is 1.68. The van der Waals surface area contributed by atoms with Crippen LogP contribution in [0.1, 0.15) is 53.1 Å². The second-order valence-electron chi connectivity index (χ2n) is 6.65. The molecule has 1 saturated carbocycles. The van der Waals surface area contributed by atoms with E-state index in [4.69, 9.17) is 0 Å². The molecule has 0 bridgehead atoms. The van der Waals surface area contributed by atoms with Gasteiger partial charge in [-0.2, -0.15) is 0 Å². The number of imidazole rings is 2. The Morgan fingerprint density at radius 2 is 1.32 bits per heavy atom. The summed E-state index contributed by atoms with van der Waals surface area (Å²) in [5.41, 5.74) is 0.781. The van der Waals surface area contributed by atoms with Crippen LogP contribution in [0.3, 0.4) is 0 Å². The Hall–Kier alpha value is -2.64. The van der Waals surface area contributed by atoms with Crippen LogP contribution in [-0.2, 0) is 14.1 Å². The van der Waals surface area contributed by atoms with Gasteiger partial charge in [0, 0.05) is 38.6 Å². The lowest BCUT2D eigenvalue weighted by molar-refractivity contribution is 0.0874. The molecule has 0 unspecified atom stereocenters. The number of nitrogens with zero attached hydrogens (tertiary/aromatic N) is 4. The zero-order valence-electron chi connectivity index (χ0n) is 14.6. The van der Waals surface area contributed by atoms with Gasteiger partial charge in [-0.05, 0) is 12.8 Å². The van der Waals surface area contributed by atoms with Crippen LogP contribution in [0.5, 0.6) is 0 Å². The van der Waals surface area contributed by atoms with Crippen molar-refractivity contribution >= 4 is 11.8 Å². The fraction of sp³-hybridized carbons (Fsp3) is 0.529. The molecule has 1 aliphatic rings. The Bertz CT molecular complexity index is 688. The molecule has 2 heterocycles. The van der Waals surface area contributed by atoms with Gasteiger partial charge >= 0.3 is 0 Å². The third kappa shape index (κ3) is 4.26. The number of rotatable bonds is 4. The fourth-order valence-electron chi connectivity index (χ4n) is 3.20. The van der Waals surface area contributed by atoms with Gasteiger partial charge in [0.25, 0.3) is 11.8 Å². The highest BCUT2D eigenvalue weighted by molar-refractivity contribution is 5.93. The number of amides is 2. The van der Waals surface area contributed by atoms with Crippen molar-refractivity contribution in [2.45, 2.75) is 44.2 Å². The standard InChI is InChI=1S/C17H24N6O2/c1-22-8-14(18-10-22)16(24)20-12-6-4-3-5-7-13(12)21-17(25)15-9-23(2)11-19-15/h8-13H,3-7H2,1-2H3,(H,20,24)(H,21,25)/t12-,13+. The van der Waals surface area contributed by atoms with Crippen molar-refractivity contribution in [3.8, 4) is 0 Å². The van der Waals surface area contributed by atoms with Crippen LogP contribution in [-0.4, -0.2) is 43.0 Å². The molecule has 0 aliphatic heterocycles. The number of carbonyl (C=O) groups excluding carboxylic acids is 2. The molecule has 1 aliphatic carbocycles. The van der Waals surface area contributed by atoms with Gasteiger partial charge in [-0.25, -0.2) is 9.97 Å². The van der Waals surface area contributed by atoms with Crippen molar-refractivity contribution in [2.24, 2.45) is 14.1 Å². The molecule has 8 nitrogen and oxygen atoms in total. The molecule has 3 rings (SSSR count). The molecule has 0 aromatic carbocycles. The second-order valence-corrected chi connectivity index (χ2v) is 6.65. The molecule has 2 N–H and O–H groups in total. The quantitative estimate of drug-likeness (QED) is 0.810. The largest absolute Gasteiger partial charge is 0.346 e. The molecular formula is C17H24N6O2. The first-order valence-electron chi connectivity index (χ1n) is 8.60. The fourth-order valence-corrected chi connectivity index (χ4v) is 3.20. The van der Waals surface area contributed by atoms with Gasteiger partial charge in [0.1, 0.15) is 11.4 Å². The molecule has 2 atom stereocenters. The van der Waals surface area contributed by atoms with E-state index in [1.54, 1.807) is 34.2 Å². The Morgan fingerprint density at radius 3 is 1.68 bits per heavy atom. The van der Waals surface area contributed by atoms with Crippen molar-refractivity contribution < 1.29 is 9.59 Å². The van der Waals surface area contributed by atoms with Gasteiger partial charge in [-0.15, -0.1) is 0 Å². The summed E-state index contributed by atoms with van der Waals surface area (Å²) in [6.07, 6.45) is 11.4. The molecule has 8 heteroatoms. The first-order chi connectivity index (χ1) is 12.0. The summed E-state index contributed by atoms with van der Waals surface area (Å²) in [6.45, 7) is 0. The van der Waals surface area contributed by atoms with Crippen molar-refractivity contribution in [3.05, 3.63) is 36.4 Å². The first-order valence-corrected chi connectivity index (χ1v) is 8.60. The maximum atomic E-state index is 12.4. The van der Waals surface area contributed by atoms with E-state index in [2.05, 4.69) is 20.6 Å². The Kier molecular flexibility index (Phi) is 5.16. The normalized spacial score (nSPS) is 20.7. The summed E-state index contributed by atoms with van der Waals surface area (Å²) in [5, 5.41) is 6.09. The summed E-state index contributed by atoms with van der Waals surface area (Å²) in [4.78, 5) is 33.0. The first kappa shape index (κ1) is 17.2.